The van der Waals surface area contributed by atoms with Gasteiger partial charge in [0.1, 0.15) is 0 Å². The third-order valence-electron chi connectivity index (χ3n) is 4.51. The Hall–Kier alpha value is -0.130. The van der Waals surface area contributed by atoms with Crippen LogP contribution in [0.25, 0.3) is 0 Å². The predicted molar refractivity (Wildman–Crippen MR) is 74.5 cm³/mol. The van der Waals surface area contributed by atoms with Crippen LogP contribution in [0.15, 0.2) is 0 Å². The van der Waals surface area contributed by atoms with Crippen LogP contribution < -0.4 is 5.32 Å². The molecule has 2 aliphatic heterocycles. The van der Waals surface area contributed by atoms with Gasteiger partial charge in [0, 0.05) is 19.1 Å². The van der Waals surface area contributed by atoms with Crippen LogP contribution >= 0.6 is 0 Å². The number of hydrogen-bond donors (Lipinski definition) is 1. The topological polar surface area (TPSA) is 49.4 Å². The van der Waals surface area contributed by atoms with E-state index >= 15 is 0 Å². The Bertz CT molecular complexity index is 369. The molecule has 3 atom stereocenters. The molecule has 2 heterocycles. The Kier molecular flexibility index (Phi) is 4.67. The lowest BCUT2D eigenvalue weighted by atomic mass is 9.94. The zero-order valence-corrected chi connectivity index (χ0v) is 12.4. The fourth-order valence-corrected chi connectivity index (χ4v) is 4.97. The van der Waals surface area contributed by atoms with Gasteiger partial charge in [-0.25, -0.2) is 8.42 Å². The van der Waals surface area contributed by atoms with Crippen molar-refractivity contribution in [3.63, 3.8) is 0 Å². The highest BCUT2D eigenvalue weighted by atomic mass is 32.2. The van der Waals surface area contributed by atoms with Crippen molar-refractivity contribution >= 4 is 9.84 Å². The van der Waals surface area contributed by atoms with E-state index in [2.05, 4.69) is 24.1 Å². The van der Waals surface area contributed by atoms with Gasteiger partial charge in [-0.15, -0.1) is 0 Å². The molecule has 0 unspecified atom stereocenters. The van der Waals surface area contributed by atoms with Crippen molar-refractivity contribution in [3.05, 3.63) is 0 Å². The van der Waals surface area contributed by atoms with E-state index in [4.69, 9.17) is 0 Å². The average Bonchev–Trinajstić information content (AvgIpc) is 2.67. The molecule has 0 amide bonds. The fourth-order valence-electron chi connectivity index (χ4n) is 3.19. The number of nitrogens with one attached hydrogen (secondary N) is 1. The van der Waals surface area contributed by atoms with Crippen LogP contribution in [-0.4, -0.2) is 56.5 Å². The van der Waals surface area contributed by atoms with Gasteiger partial charge < -0.3 is 10.2 Å². The molecular formula is C13H26N2O2S. The molecule has 2 saturated heterocycles. The van der Waals surface area contributed by atoms with Crippen molar-refractivity contribution in [1.82, 2.24) is 10.2 Å². The van der Waals surface area contributed by atoms with E-state index in [0.29, 0.717) is 24.3 Å². The van der Waals surface area contributed by atoms with Gasteiger partial charge in [0.05, 0.1) is 11.0 Å². The summed E-state index contributed by atoms with van der Waals surface area (Å²) in [5, 5.41) is 3.38. The smallest absolute Gasteiger partial charge is 0.154 e. The first-order valence-corrected chi connectivity index (χ1v) is 8.91. The molecular weight excluding hydrogens is 248 g/mol. The second-order valence-corrected chi connectivity index (χ2v) is 8.21. The van der Waals surface area contributed by atoms with Crippen LogP contribution in [0, 0.1) is 5.92 Å². The maximum Gasteiger partial charge on any atom is 0.154 e. The number of rotatable bonds is 4. The molecule has 0 saturated carbocycles. The minimum absolute atomic E-state index is 0.131. The van der Waals surface area contributed by atoms with Crippen molar-refractivity contribution in [2.75, 3.05) is 31.9 Å². The molecule has 0 aromatic rings. The van der Waals surface area contributed by atoms with Crippen LogP contribution in [0.3, 0.4) is 0 Å². The molecule has 106 valence electrons. The Morgan fingerprint density at radius 1 is 1.33 bits per heavy atom. The molecule has 0 aromatic heterocycles. The molecule has 0 spiro atoms. The molecule has 1 N–H and O–H groups in total. The van der Waals surface area contributed by atoms with Gasteiger partial charge in [0.15, 0.2) is 9.84 Å². The standard InChI is InChI=1S/C13H26N2O2S/c1-3-15-7-6-13(11(2)10-15)14-9-12-5-4-8-18(12,16)17/h11-14H,3-10H2,1-2H3/t11-,12-,13-/m0/s1. The molecule has 0 radical (unpaired) electrons. The van der Waals surface area contributed by atoms with E-state index in [1.807, 2.05) is 0 Å². The zero-order valence-electron chi connectivity index (χ0n) is 11.6. The number of hydrogen-bond acceptors (Lipinski definition) is 4. The maximum atomic E-state index is 11.8. The summed E-state index contributed by atoms with van der Waals surface area (Å²) in [4.78, 5) is 2.47. The quantitative estimate of drug-likeness (QED) is 0.827. The minimum Gasteiger partial charge on any atom is -0.312 e. The lowest BCUT2D eigenvalue weighted by molar-refractivity contribution is 0.154. The summed E-state index contributed by atoms with van der Waals surface area (Å²) in [5.74, 6) is 1.01. The van der Waals surface area contributed by atoms with Crippen molar-refractivity contribution in [1.29, 1.82) is 0 Å². The normalized spacial score (nSPS) is 36.9. The molecule has 18 heavy (non-hydrogen) atoms. The minimum atomic E-state index is -2.79. The van der Waals surface area contributed by atoms with Gasteiger partial charge >= 0.3 is 0 Å². The first kappa shape index (κ1) is 14.3. The lowest BCUT2D eigenvalue weighted by Crippen LogP contribution is -2.50. The summed E-state index contributed by atoms with van der Waals surface area (Å²) in [5.41, 5.74) is 0. The van der Waals surface area contributed by atoms with Crippen molar-refractivity contribution in [3.8, 4) is 0 Å². The Balaban J connectivity index is 1.80. The van der Waals surface area contributed by atoms with E-state index in [0.717, 1.165) is 38.9 Å². The summed E-state index contributed by atoms with van der Waals surface area (Å²) < 4.78 is 23.5. The van der Waals surface area contributed by atoms with Crippen molar-refractivity contribution in [2.24, 2.45) is 5.92 Å². The molecule has 2 fully saturated rings. The SMILES string of the molecule is CCN1CC[C@H](NC[C@@H]2CCCS2(=O)=O)[C@@H](C)C1. The largest absolute Gasteiger partial charge is 0.312 e. The van der Waals surface area contributed by atoms with Crippen LogP contribution in [0.1, 0.15) is 33.1 Å². The highest BCUT2D eigenvalue weighted by molar-refractivity contribution is 7.92. The van der Waals surface area contributed by atoms with Crippen molar-refractivity contribution in [2.45, 2.75) is 44.4 Å². The van der Waals surface area contributed by atoms with E-state index in [9.17, 15) is 8.42 Å². The summed E-state index contributed by atoms with van der Waals surface area (Å²) in [6.45, 7) is 8.51. The Morgan fingerprint density at radius 2 is 2.11 bits per heavy atom. The molecule has 0 aliphatic carbocycles. The van der Waals surface area contributed by atoms with Gasteiger partial charge in [-0.3, -0.25) is 0 Å². The first-order valence-electron chi connectivity index (χ1n) is 7.20. The summed E-state index contributed by atoms with van der Waals surface area (Å²) in [6, 6.07) is 0.489. The number of likely N-dealkylation sites (tertiary alicyclic amines) is 1. The third-order valence-corrected chi connectivity index (χ3v) is 6.78. The van der Waals surface area contributed by atoms with Crippen LogP contribution in [0.5, 0.6) is 0 Å². The predicted octanol–water partition coefficient (Wildman–Crippen LogP) is 0.884. The van der Waals surface area contributed by atoms with E-state index in [1.54, 1.807) is 0 Å². The fraction of sp³-hybridized carbons (Fsp3) is 1.00. The number of piperidine rings is 1. The summed E-state index contributed by atoms with van der Waals surface area (Å²) in [7, 11) is -2.79. The first-order chi connectivity index (χ1) is 8.53. The number of nitrogens with zero attached hydrogens (tertiary/aromatic N) is 1. The Morgan fingerprint density at radius 3 is 2.67 bits per heavy atom. The monoisotopic (exact) mass is 274 g/mol. The number of sulfone groups is 1. The zero-order chi connectivity index (χ0) is 13.2. The van der Waals surface area contributed by atoms with Gasteiger partial charge in [-0.05, 0) is 38.3 Å². The van der Waals surface area contributed by atoms with E-state index in [1.165, 1.54) is 0 Å². The molecule has 0 aromatic carbocycles. The molecule has 2 aliphatic rings. The van der Waals surface area contributed by atoms with Crippen LogP contribution in [0.4, 0.5) is 0 Å². The van der Waals surface area contributed by atoms with Crippen LogP contribution in [-0.2, 0) is 9.84 Å². The van der Waals surface area contributed by atoms with Gasteiger partial charge in [0.25, 0.3) is 0 Å². The lowest BCUT2D eigenvalue weighted by Gasteiger charge is -2.37. The summed E-state index contributed by atoms with van der Waals surface area (Å²) in [6.07, 6.45) is 2.83. The van der Waals surface area contributed by atoms with Gasteiger partial charge in [0.2, 0.25) is 0 Å². The molecule has 5 heteroatoms. The molecule has 4 nitrogen and oxygen atoms in total. The maximum absolute atomic E-state index is 11.8. The van der Waals surface area contributed by atoms with Gasteiger partial charge in [-0.2, -0.15) is 0 Å². The van der Waals surface area contributed by atoms with E-state index in [-0.39, 0.29) is 5.25 Å². The van der Waals surface area contributed by atoms with Crippen molar-refractivity contribution < 1.29 is 8.42 Å². The second-order valence-electron chi connectivity index (χ2n) is 5.81. The molecule has 2 rings (SSSR count). The van der Waals surface area contributed by atoms with E-state index < -0.39 is 9.84 Å². The third kappa shape index (κ3) is 3.25. The summed E-state index contributed by atoms with van der Waals surface area (Å²) >= 11 is 0. The highest BCUT2D eigenvalue weighted by Crippen LogP contribution is 2.21. The van der Waals surface area contributed by atoms with Gasteiger partial charge in [-0.1, -0.05) is 13.8 Å². The average molecular weight is 274 g/mol. The van der Waals surface area contributed by atoms with Crippen LogP contribution in [0.2, 0.25) is 0 Å². The molecule has 0 bridgehead atoms. The highest BCUT2D eigenvalue weighted by Gasteiger charge is 2.32. The Labute approximate surface area is 111 Å². The second kappa shape index (κ2) is 5.88.